The number of aryl methyl sites for hydroxylation is 1. The number of hydrogen-bond donors (Lipinski definition) is 0. The van der Waals surface area contributed by atoms with Crippen LogP contribution in [0.3, 0.4) is 0 Å². The predicted molar refractivity (Wildman–Crippen MR) is 56.9 cm³/mol. The van der Waals surface area contributed by atoms with E-state index in [9.17, 15) is 17.3 Å². The molecule has 0 saturated carbocycles. The lowest BCUT2D eigenvalue weighted by atomic mass is 9.90. The molecule has 82 valence electrons. The van der Waals surface area contributed by atoms with Crippen molar-refractivity contribution >= 4 is 29.0 Å². The molecule has 0 saturated heterocycles. The highest BCUT2D eigenvalue weighted by Crippen LogP contribution is 2.24. The fourth-order valence-electron chi connectivity index (χ4n) is 1.13. The van der Waals surface area contributed by atoms with Gasteiger partial charge in [0.15, 0.2) is 0 Å². The van der Waals surface area contributed by atoms with Crippen molar-refractivity contribution in [2.45, 2.75) is 6.92 Å². The molecule has 0 radical (unpaired) electrons. The molecule has 0 aromatic heterocycles. The Morgan fingerprint density at radius 2 is 1.87 bits per heavy atom. The monoisotopic (exact) mass is 281 g/mol. The summed E-state index contributed by atoms with van der Waals surface area (Å²) in [7, 11) is 0. The topological polar surface area (TPSA) is 0 Å². The summed E-state index contributed by atoms with van der Waals surface area (Å²) in [5.74, 6) is -0.292. The lowest BCUT2D eigenvalue weighted by Crippen LogP contribution is -2.09. The summed E-state index contributed by atoms with van der Waals surface area (Å²) >= 11 is 3.01. The average molecular weight is 282 g/mol. The van der Waals surface area contributed by atoms with Gasteiger partial charge in [-0.15, -0.1) is 5.98 Å². The minimum absolute atomic E-state index is 0.186. The molecule has 0 atom stereocenters. The average Bonchev–Trinajstić information content (AvgIpc) is 1.99. The molecular weight excluding hydrogens is 275 g/mol. The molecule has 0 amide bonds. The van der Waals surface area contributed by atoms with Gasteiger partial charge in [0.1, 0.15) is 5.82 Å². The van der Waals surface area contributed by atoms with E-state index in [0.717, 1.165) is 12.1 Å². The first kappa shape index (κ1) is 12.3. The summed E-state index contributed by atoms with van der Waals surface area (Å²) in [6, 6.07) is 2.32. The summed E-state index contributed by atoms with van der Waals surface area (Å²) in [4.78, 5) is 0. The molecule has 0 nitrogen and oxygen atoms in total. The third-order valence-corrected chi connectivity index (χ3v) is 2.44. The van der Waals surface area contributed by atoms with Crippen LogP contribution >= 0.6 is 15.9 Å². The van der Waals surface area contributed by atoms with E-state index in [1.807, 2.05) is 0 Å². The van der Waals surface area contributed by atoms with Crippen molar-refractivity contribution in [3.8, 4) is 0 Å². The molecule has 0 bridgehead atoms. The van der Waals surface area contributed by atoms with Gasteiger partial charge in [-0.1, -0.05) is 22.0 Å². The molecule has 1 rings (SSSR count). The fourth-order valence-corrected chi connectivity index (χ4v) is 1.79. The van der Waals surface area contributed by atoms with Gasteiger partial charge in [-0.25, -0.2) is 4.39 Å². The molecule has 0 fully saturated rings. The smallest absolute Gasteiger partial charge is 0.445 e. The number of rotatable bonds is 2. The van der Waals surface area contributed by atoms with Crippen LogP contribution in [-0.4, -0.2) is 6.98 Å². The second-order valence-corrected chi connectivity index (χ2v) is 3.96. The molecule has 0 aliphatic carbocycles. The summed E-state index contributed by atoms with van der Waals surface area (Å²) in [5.41, 5.74) is 0.800. The second-order valence-electron chi connectivity index (χ2n) is 3.10. The van der Waals surface area contributed by atoms with E-state index in [2.05, 4.69) is 15.9 Å². The van der Waals surface area contributed by atoms with Gasteiger partial charge in [0.2, 0.25) is 0 Å². The SMILES string of the molecule is Cc1cc(F)cc(Br)c1/C=C/[B-](F)(F)F. The first-order valence-electron chi connectivity index (χ1n) is 4.14. The molecule has 1 aromatic carbocycles. The van der Waals surface area contributed by atoms with Gasteiger partial charge in [0.25, 0.3) is 0 Å². The van der Waals surface area contributed by atoms with E-state index < -0.39 is 12.8 Å². The Kier molecular flexibility index (Phi) is 3.60. The number of hydrogen-bond acceptors (Lipinski definition) is 0. The highest BCUT2D eigenvalue weighted by Gasteiger charge is 2.17. The largest absolute Gasteiger partial charge is 0.502 e. The normalized spacial score (nSPS) is 12.4. The van der Waals surface area contributed by atoms with Crippen LogP contribution in [0, 0.1) is 12.7 Å². The number of halogens is 5. The first-order chi connectivity index (χ1) is 6.79. The third-order valence-electron chi connectivity index (χ3n) is 1.78. The molecule has 6 heteroatoms. The van der Waals surface area contributed by atoms with Crippen molar-refractivity contribution in [2.75, 3.05) is 0 Å². The van der Waals surface area contributed by atoms with Crippen LogP contribution in [0.15, 0.2) is 22.6 Å². The van der Waals surface area contributed by atoms with Crippen LogP contribution in [0.25, 0.3) is 6.08 Å². The summed E-state index contributed by atoms with van der Waals surface area (Å²) in [6.45, 7) is -3.41. The van der Waals surface area contributed by atoms with Crippen molar-refractivity contribution in [1.29, 1.82) is 0 Å². The van der Waals surface area contributed by atoms with Crippen LogP contribution in [-0.2, 0) is 0 Å². The molecule has 15 heavy (non-hydrogen) atoms. The Morgan fingerprint density at radius 1 is 1.27 bits per heavy atom. The molecular formula is C9H7BBrF4-. The number of benzene rings is 1. The molecule has 1 aromatic rings. The predicted octanol–water partition coefficient (Wildman–Crippen LogP) is 4.30. The molecule has 0 aliphatic rings. The maximum Gasteiger partial charge on any atom is 0.502 e. The van der Waals surface area contributed by atoms with E-state index >= 15 is 0 Å². The van der Waals surface area contributed by atoms with Gasteiger partial charge in [0, 0.05) is 4.47 Å². The zero-order valence-electron chi connectivity index (χ0n) is 7.78. The zero-order valence-corrected chi connectivity index (χ0v) is 9.36. The van der Waals surface area contributed by atoms with Crippen molar-refractivity contribution in [1.82, 2.24) is 0 Å². The Labute approximate surface area is 93.2 Å². The van der Waals surface area contributed by atoms with Crippen LogP contribution in [0.1, 0.15) is 11.1 Å². The molecule has 0 N–H and O–H groups in total. The van der Waals surface area contributed by atoms with Crippen molar-refractivity contribution < 1.29 is 17.3 Å². The van der Waals surface area contributed by atoms with Gasteiger partial charge in [-0.2, -0.15) is 0 Å². The van der Waals surface area contributed by atoms with Gasteiger partial charge in [0.05, 0.1) is 0 Å². The lowest BCUT2D eigenvalue weighted by molar-refractivity contribution is 0.499. The van der Waals surface area contributed by atoms with E-state index in [4.69, 9.17) is 0 Å². The first-order valence-corrected chi connectivity index (χ1v) is 4.94. The minimum Gasteiger partial charge on any atom is -0.445 e. The zero-order chi connectivity index (χ0) is 11.6. The lowest BCUT2D eigenvalue weighted by Gasteiger charge is -2.09. The maximum atomic E-state index is 12.8. The summed E-state index contributed by atoms with van der Waals surface area (Å²) in [6.07, 6.45) is 0.943. The Hall–Kier alpha value is -0.775. The highest BCUT2D eigenvalue weighted by molar-refractivity contribution is 9.10. The van der Waals surface area contributed by atoms with E-state index in [-0.39, 0.29) is 5.98 Å². The molecule has 0 aliphatic heterocycles. The van der Waals surface area contributed by atoms with Crippen LogP contribution in [0.4, 0.5) is 17.3 Å². The van der Waals surface area contributed by atoms with E-state index in [0.29, 0.717) is 15.6 Å². The van der Waals surface area contributed by atoms with Crippen LogP contribution < -0.4 is 0 Å². The van der Waals surface area contributed by atoms with Crippen molar-refractivity contribution in [3.05, 3.63) is 39.5 Å². The Balaban J connectivity index is 3.11. The van der Waals surface area contributed by atoms with E-state index in [1.54, 1.807) is 6.92 Å². The summed E-state index contributed by atoms with van der Waals surface area (Å²) in [5, 5.41) is 0. The van der Waals surface area contributed by atoms with Gasteiger partial charge in [-0.05, 0) is 30.2 Å². The van der Waals surface area contributed by atoms with Gasteiger partial charge < -0.3 is 12.9 Å². The molecule has 0 unspecified atom stereocenters. The van der Waals surface area contributed by atoms with Crippen LogP contribution in [0.5, 0.6) is 0 Å². The van der Waals surface area contributed by atoms with Gasteiger partial charge in [-0.3, -0.25) is 0 Å². The van der Waals surface area contributed by atoms with E-state index in [1.165, 1.54) is 6.07 Å². The van der Waals surface area contributed by atoms with Gasteiger partial charge >= 0.3 is 6.98 Å². The highest BCUT2D eigenvalue weighted by atomic mass is 79.9. The Bertz CT molecular complexity index is 375. The Morgan fingerprint density at radius 3 is 2.33 bits per heavy atom. The third kappa shape index (κ3) is 3.70. The standard InChI is InChI=1S/C9H7BBrF4/c1-6-4-7(12)5-9(11)8(6)2-3-10(13,14)15/h2-5H,1H3/q-1/b3-2+. The quantitative estimate of drug-likeness (QED) is 0.560. The molecule has 0 spiro atoms. The minimum atomic E-state index is -4.96. The van der Waals surface area contributed by atoms with Crippen molar-refractivity contribution in [3.63, 3.8) is 0 Å². The van der Waals surface area contributed by atoms with Crippen LogP contribution in [0.2, 0.25) is 0 Å². The van der Waals surface area contributed by atoms with Crippen molar-refractivity contribution in [2.24, 2.45) is 0 Å². The summed E-state index contributed by atoms with van der Waals surface area (Å²) < 4.78 is 49.0. The molecule has 0 heterocycles. The fraction of sp³-hybridized carbons (Fsp3) is 0.111. The second kappa shape index (κ2) is 4.39. The maximum absolute atomic E-state index is 12.8.